The average molecular weight is 159 g/mol. The first kappa shape index (κ1) is 10.9. The van der Waals surface area contributed by atoms with Gasteiger partial charge in [0.2, 0.25) is 0 Å². The van der Waals surface area contributed by atoms with E-state index in [1.165, 1.54) is 19.5 Å². The van der Waals surface area contributed by atoms with Crippen molar-refractivity contribution < 1.29 is 4.74 Å². The Morgan fingerprint density at radius 3 is 2.36 bits per heavy atom. The highest BCUT2D eigenvalue weighted by molar-refractivity contribution is 4.73. The number of hydrogen-bond acceptors (Lipinski definition) is 2. The van der Waals surface area contributed by atoms with Gasteiger partial charge in [-0.05, 0) is 13.0 Å². The van der Waals surface area contributed by atoms with E-state index in [0.717, 1.165) is 6.54 Å². The molecule has 0 bridgehead atoms. The van der Waals surface area contributed by atoms with E-state index in [2.05, 4.69) is 11.8 Å². The highest BCUT2D eigenvalue weighted by atomic mass is 16.5. The van der Waals surface area contributed by atoms with Crippen LogP contribution in [0.25, 0.3) is 0 Å². The minimum absolute atomic E-state index is 0.505. The lowest BCUT2D eigenvalue weighted by molar-refractivity contribution is 0.109. The van der Waals surface area contributed by atoms with Crippen LogP contribution in [0, 0.1) is 0 Å². The molecule has 11 heavy (non-hydrogen) atoms. The maximum absolute atomic E-state index is 5.20. The summed E-state index contributed by atoms with van der Waals surface area (Å²) in [5.41, 5.74) is 0. The Labute approximate surface area is 70.5 Å². The van der Waals surface area contributed by atoms with Gasteiger partial charge in [0.1, 0.15) is 0 Å². The van der Waals surface area contributed by atoms with Crippen LogP contribution in [0.4, 0.5) is 0 Å². The Kier molecular flexibility index (Phi) is 6.57. The molecular formula is C9H21NO. The van der Waals surface area contributed by atoms with Gasteiger partial charge in [-0.1, -0.05) is 20.8 Å². The van der Waals surface area contributed by atoms with E-state index in [-0.39, 0.29) is 0 Å². The normalized spacial score (nSPS) is 24.5. The molecule has 0 aromatic heterocycles. The molecule has 0 radical (unpaired) electrons. The molecular weight excluding hydrogens is 138 g/mol. The lowest BCUT2D eigenvalue weighted by Gasteiger charge is -2.11. The molecule has 0 saturated carbocycles. The van der Waals surface area contributed by atoms with Crippen LogP contribution in [0.3, 0.4) is 0 Å². The van der Waals surface area contributed by atoms with Crippen molar-refractivity contribution >= 4 is 0 Å². The maximum Gasteiger partial charge on any atom is 0.0710 e. The van der Waals surface area contributed by atoms with Gasteiger partial charge in [0.05, 0.1) is 6.10 Å². The first-order valence-electron chi connectivity index (χ1n) is 4.62. The number of ether oxygens (including phenoxy) is 1. The summed E-state index contributed by atoms with van der Waals surface area (Å²) in [6.45, 7) is 9.71. The number of hydrogen-bond donors (Lipinski definition) is 0. The molecule has 1 fully saturated rings. The summed E-state index contributed by atoms with van der Waals surface area (Å²) in [6, 6.07) is 0. The van der Waals surface area contributed by atoms with E-state index >= 15 is 0 Å². The summed E-state index contributed by atoms with van der Waals surface area (Å²) in [4.78, 5) is 2.41. The Bertz CT molecular complexity index is 75.6. The molecule has 0 N–H and O–H groups in total. The third kappa shape index (κ3) is 3.73. The molecule has 0 spiro atoms. The molecule has 2 heteroatoms. The number of likely N-dealkylation sites (tertiary alicyclic amines) is 1. The van der Waals surface area contributed by atoms with Gasteiger partial charge in [-0.15, -0.1) is 0 Å². The Morgan fingerprint density at radius 1 is 1.45 bits per heavy atom. The third-order valence-corrected chi connectivity index (χ3v) is 2.01. The van der Waals surface area contributed by atoms with Gasteiger partial charge in [-0.2, -0.15) is 0 Å². The molecule has 0 aromatic rings. The molecule has 1 rings (SSSR count). The van der Waals surface area contributed by atoms with Crippen molar-refractivity contribution in [3.63, 3.8) is 0 Å². The van der Waals surface area contributed by atoms with E-state index in [4.69, 9.17) is 4.74 Å². The summed E-state index contributed by atoms with van der Waals surface area (Å²) in [5, 5.41) is 0. The van der Waals surface area contributed by atoms with Crippen LogP contribution < -0.4 is 0 Å². The monoisotopic (exact) mass is 159 g/mol. The molecule has 2 nitrogen and oxygen atoms in total. The molecule has 1 atom stereocenters. The zero-order valence-corrected chi connectivity index (χ0v) is 8.26. The van der Waals surface area contributed by atoms with Gasteiger partial charge in [-0.25, -0.2) is 0 Å². The lowest BCUT2D eigenvalue weighted by atomic mass is 10.3. The molecule has 0 aromatic carbocycles. The molecule has 0 unspecified atom stereocenters. The molecule has 1 saturated heterocycles. The number of likely N-dealkylation sites (N-methyl/N-ethyl adjacent to an activating group) is 1. The van der Waals surface area contributed by atoms with Crippen LogP contribution in [0.1, 0.15) is 27.2 Å². The minimum atomic E-state index is 0.505. The molecule has 1 heterocycles. The molecule has 68 valence electrons. The number of methoxy groups -OCH3 is 1. The lowest BCUT2D eigenvalue weighted by Crippen LogP contribution is -2.22. The zero-order valence-electron chi connectivity index (χ0n) is 8.26. The van der Waals surface area contributed by atoms with Crippen molar-refractivity contribution in [1.82, 2.24) is 4.90 Å². The van der Waals surface area contributed by atoms with Gasteiger partial charge in [0.25, 0.3) is 0 Å². The predicted octanol–water partition coefficient (Wildman–Crippen LogP) is 1.75. The summed E-state index contributed by atoms with van der Waals surface area (Å²) in [6.07, 6.45) is 1.72. The fourth-order valence-corrected chi connectivity index (χ4v) is 1.28. The number of rotatable bonds is 2. The second-order valence-electron chi connectivity index (χ2n) is 2.54. The van der Waals surface area contributed by atoms with Crippen molar-refractivity contribution in [3.8, 4) is 0 Å². The molecule has 1 aliphatic heterocycles. The summed E-state index contributed by atoms with van der Waals surface area (Å²) >= 11 is 0. The highest BCUT2D eigenvalue weighted by Crippen LogP contribution is 2.10. The van der Waals surface area contributed by atoms with Gasteiger partial charge in [0, 0.05) is 20.2 Å². The first-order chi connectivity index (χ1) is 5.36. The van der Waals surface area contributed by atoms with Crippen molar-refractivity contribution in [1.29, 1.82) is 0 Å². The first-order valence-corrected chi connectivity index (χ1v) is 4.62. The van der Waals surface area contributed by atoms with Crippen LogP contribution in [-0.4, -0.2) is 37.7 Å². The van der Waals surface area contributed by atoms with E-state index in [0.29, 0.717) is 6.10 Å². The van der Waals surface area contributed by atoms with Crippen LogP contribution >= 0.6 is 0 Å². The zero-order chi connectivity index (χ0) is 8.69. The standard InChI is InChI=1S/C7H15NO.C2H6/c1-3-8-5-4-7(6-8)9-2;1-2/h7H,3-6H2,1-2H3;1-2H3/t7-;/m0./s1. The van der Waals surface area contributed by atoms with Crippen molar-refractivity contribution in [2.45, 2.75) is 33.3 Å². The summed E-state index contributed by atoms with van der Waals surface area (Å²) < 4.78 is 5.20. The van der Waals surface area contributed by atoms with Gasteiger partial charge in [0.15, 0.2) is 0 Å². The SMILES string of the molecule is CC.CCN1CC[C@H](OC)C1. The minimum Gasteiger partial charge on any atom is -0.380 e. The van der Waals surface area contributed by atoms with Crippen LogP contribution in [0.15, 0.2) is 0 Å². The fraction of sp³-hybridized carbons (Fsp3) is 1.00. The van der Waals surface area contributed by atoms with Gasteiger partial charge < -0.3 is 9.64 Å². The van der Waals surface area contributed by atoms with Crippen LogP contribution in [0.2, 0.25) is 0 Å². The smallest absolute Gasteiger partial charge is 0.0710 e. The number of nitrogens with zero attached hydrogens (tertiary/aromatic N) is 1. The topological polar surface area (TPSA) is 12.5 Å². The maximum atomic E-state index is 5.20. The molecule has 0 amide bonds. The van der Waals surface area contributed by atoms with E-state index in [1.54, 1.807) is 7.11 Å². The fourth-order valence-electron chi connectivity index (χ4n) is 1.28. The summed E-state index contributed by atoms with van der Waals surface area (Å²) in [5.74, 6) is 0. The highest BCUT2D eigenvalue weighted by Gasteiger charge is 2.19. The van der Waals surface area contributed by atoms with Gasteiger partial charge >= 0.3 is 0 Å². The van der Waals surface area contributed by atoms with Crippen molar-refractivity contribution in [2.24, 2.45) is 0 Å². The Hall–Kier alpha value is -0.0800. The van der Waals surface area contributed by atoms with Crippen LogP contribution in [-0.2, 0) is 4.74 Å². The summed E-state index contributed by atoms with van der Waals surface area (Å²) in [7, 11) is 1.80. The third-order valence-electron chi connectivity index (χ3n) is 2.01. The molecule has 0 aliphatic carbocycles. The van der Waals surface area contributed by atoms with Gasteiger partial charge in [-0.3, -0.25) is 0 Å². The second-order valence-corrected chi connectivity index (χ2v) is 2.54. The van der Waals surface area contributed by atoms with Crippen LogP contribution in [0.5, 0.6) is 0 Å². The van der Waals surface area contributed by atoms with E-state index in [1.807, 2.05) is 13.8 Å². The Morgan fingerprint density at radius 2 is 2.09 bits per heavy atom. The molecule has 1 aliphatic rings. The average Bonchev–Trinajstić information content (AvgIpc) is 2.55. The Balaban J connectivity index is 0.000000461. The van der Waals surface area contributed by atoms with Crippen molar-refractivity contribution in [2.75, 3.05) is 26.7 Å². The van der Waals surface area contributed by atoms with E-state index < -0.39 is 0 Å². The van der Waals surface area contributed by atoms with E-state index in [9.17, 15) is 0 Å². The second kappa shape index (κ2) is 6.62. The van der Waals surface area contributed by atoms with Crippen molar-refractivity contribution in [3.05, 3.63) is 0 Å². The predicted molar refractivity (Wildman–Crippen MR) is 48.9 cm³/mol. The quantitative estimate of drug-likeness (QED) is 0.608. The largest absolute Gasteiger partial charge is 0.380 e.